The molecule has 1 atom stereocenters. The van der Waals surface area contributed by atoms with Crippen LogP contribution in [0.25, 0.3) is 0 Å². The number of piperazine rings is 1. The van der Waals surface area contributed by atoms with Crippen LogP contribution in [-0.4, -0.2) is 32.1 Å². The zero-order valence-corrected chi connectivity index (χ0v) is 10.2. The zero-order valence-electron chi connectivity index (χ0n) is 10.2. The normalized spacial score (nSPS) is 21.0. The maximum Gasteiger partial charge on any atom is 0.255 e. The molecule has 1 aromatic carbocycles. The maximum atomic E-state index is 12.7. The van der Waals surface area contributed by atoms with Gasteiger partial charge in [-0.25, -0.2) is 8.78 Å². The molecule has 1 N–H and O–H groups in total. The highest BCUT2D eigenvalue weighted by molar-refractivity contribution is 5.56. The lowest BCUT2D eigenvalue weighted by molar-refractivity contribution is 0.0958. The third kappa shape index (κ3) is 2.57. The van der Waals surface area contributed by atoms with Gasteiger partial charge in [0.1, 0.15) is 0 Å². The second kappa shape index (κ2) is 5.00. The fourth-order valence-corrected chi connectivity index (χ4v) is 2.24. The van der Waals surface area contributed by atoms with Gasteiger partial charge in [0.05, 0.1) is 6.04 Å². The van der Waals surface area contributed by atoms with Gasteiger partial charge >= 0.3 is 0 Å². The first-order chi connectivity index (χ1) is 8.09. The van der Waals surface area contributed by atoms with E-state index in [4.69, 9.17) is 0 Å². The standard InChI is InChI=1S/C13H18F2N2/c1-9-4-3-5-12(10(9)2)17-7-6-16-11(8-17)13(14)15/h3-5,11,13,16H,6-8H2,1-2H3. The van der Waals surface area contributed by atoms with Gasteiger partial charge in [-0.2, -0.15) is 0 Å². The number of hydrogen-bond acceptors (Lipinski definition) is 2. The third-order valence-corrected chi connectivity index (χ3v) is 3.43. The Labute approximate surface area is 101 Å². The van der Waals surface area contributed by atoms with Crippen molar-refractivity contribution in [2.24, 2.45) is 0 Å². The molecule has 1 saturated heterocycles. The number of anilines is 1. The third-order valence-electron chi connectivity index (χ3n) is 3.43. The van der Waals surface area contributed by atoms with E-state index in [0.717, 1.165) is 12.2 Å². The number of benzene rings is 1. The molecule has 1 fully saturated rings. The molecule has 1 unspecified atom stereocenters. The van der Waals surface area contributed by atoms with Crippen LogP contribution in [0.4, 0.5) is 14.5 Å². The van der Waals surface area contributed by atoms with E-state index in [9.17, 15) is 8.78 Å². The van der Waals surface area contributed by atoms with Gasteiger partial charge in [0, 0.05) is 25.3 Å². The average molecular weight is 240 g/mol. The largest absolute Gasteiger partial charge is 0.368 e. The summed E-state index contributed by atoms with van der Waals surface area (Å²) >= 11 is 0. The lowest BCUT2D eigenvalue weighted by Gasteiger charge is -2.36. The van der Waals surface area contributed by atoms with E-state index in [1.165, 1.54) is 11.1 Å². The lowest BCUT2D eigenvalue weighted by Crippen LogP contribution is -2.54. The van der Waals surface area contributed by atoms with Gasteiger partial charge in [-0.1, -0.05) is 12.1 Å². The molecule has 0 amide bonds. The molecular formula is C13H18F2N2. The van der Waals surface area contributed by atoms with Gasteiger partial charge in [-0.3, -0.25) is 0 Å². The summed E-state index contributed by atoms with van der Waals surface area (Å²) in [4.78, 5) is 2.05. The molecule has 94 valence electrons. The Bertz CT molecular complexity index is 393. The predicted molar refractivity (Wildman–Crippen MR) is 65.9 cm³/mol. The molecule has 1 heterocycles. The van der Waals surface area contributed by atoms with Crippen LogP contribution in [0.1, 0.15) is 11.1 Å². The van der Waals surface area contributed by atoms with Gasteiger partial charge in [-0.15, -0.1) is 0 Å². The van der Waals surface area contributed by atoms with Crippen LogP contribution in [-0.2, 0) is 0 Å². The summed E-state index contributed by atoms with van der Waals surface area (Å²) in [5.74, 6) is 0. The molecule has 0 bridgehead atoms. The monoisotopic (exact) mass is 240 g/mol. The van der Waals surface area contributed by atoms with Gasteiger partial charge in [0.25, 0.3) is 6.43 Å². The minimum absolute atomic E-state index is 0.377. The quantitative estimate of drug-likeness (QED) is 0.853. The Morgan fingerprint density at radius 1 is 1.35 bits per heavy atom. The van der Waals surface area contributed by atoms with Crippen LogP contribution < -0.4 is 10.2 Å². The molecule has 4 heteroatoms. The van der Waals surface area contributed by atoms with Gasteiger partial charge in [0.15, 0.2) is 0 Å². The number of hydrogen-bond donors (Lipinski definition) is 1. The van der Waals surface area contributed by atoms with E-state index in [-0.39, 0.29) is 0 Å². The number of nitrogens with one attached hydrogen (secondary N) is 1. The van der Waals surface area contributed by atoms with E-state index in [0.29, 0.717) is 13.1 Å². The lowest BCUT2D eigenvalue weighted by atomic mass is 10.1. The van der Waals surface area contributed by atoms with Crippen LogP contribution in [0.5, 0.6) is 0 Å². The van der Waals surface area contributed by atoms with Gasteiger partial charge in [0.2, 0.25) is 0 Å². The molecule has 0 saturated carbocycles. The molecule has 2 nitrogen and oxygen atoms in total. The fourth-order valence-electron chi connectivity index (χ4n) is 2.24. The van der Waals surface area contributed by atoms with E-state index in [1.807, 2.05) is 32.0 Å². The Balaban J connectivity index is 2.19. The molecular weight excluding hydrogens is 222 g/mol. The Morgan fingerprint density at radius 3 is 2.82 bits per heavy atom. The average Bonchev–Trinajstić information content (AvgIpc) is 2.33. The Morgan fingerprint density at radius 2 is 2.12 bits per heavy atom. The van der Waals surface area contributed by atoms with Crippen molar-refractivity contribution in [2.75, 3.05) is 24.5 Å². The van der Waals surface area contributed by atoms with E-state index < -0.39 is 12.5 Å². The van der Waals surface area contributed by atoms with Crippen molar-refractivity contribution in [2.45, 2.75) is 26.3 Å². The van der Waals surface area contributed by atoms with E-state index >= 15 is 0 Å². The second-order valence-corrected chi connectivity index (χ2v) is 4.56. The van der Waals surface area contributed by atoms with Crippen molar-refractivity contribution in [1.82, 2.24) is 5.32 Å². The van der Waals surface area contributed by atoms with E-state index in [2.05, 4.69) is 10.2 Å². The van der Waals surface area contributed by atoms with Crippen LogP contribution >= 0.6 is 0 Å². The minimum atomic E-state index is -2.30. The topological polar surface area (TPSA) is 15.3 Å². The summed E-state index contributed by atoms with van der Waals surface area (Å²) in [7, 11) is 0. The van der Waals surface area contributed by atoms with Gasteiger partial charge in [-0.05, 0) is 31.0 Å². The highest BCUT2D eigenvalue weighted by Gasteiger charge is 2.27. The molecule has 0 aliphatic carbocycles. The predicted octanol–water partition coefficient (Wildman–Crippen LogP) is 2.35. The molecule has 0 radical (unpaired) electrons. The number of nitrogens with zero attached hydrogens (tertiary/aromatic N) is 1. The summed E-state index contributed by atoms with van der Waals surface area (Å²) in [5, 5.41) is 2.86. The summed E-state index contributed by atoms with van der Waals surface area (Å²) in [5.41, 5.74) is 3.47. The van der Waals surface area contributed by atoms with Crippen LogP contribution in [0.15, 0.2) is 18.2 Å². The fraction of sp³-hybridized carbons (Fsp3) is 0.538. The SMILES string of the molecule is Cc1cccc(N2CCNC(C(F)F)C2)c1C. The summed E-state index contributed by atoms with van der Waals surface area (Å²) in [6.07, 6.45) is -2.30. The molecule has 0 spiro atoms. The molecule has 2 rings (SSSR count). The summed E-state index contributed by atoms with van der Waals surface area (Å²) < 4.78 is 25.4. The molecule has 1 aliphatic heterocycles. The smallest absolute Gasteiger partial charge is 0.255 e. The number of rotatable bonds is 2. The second-order valence-electron chi connectivity index (χ2n) is 4.56. The highest BCUT2D eigenvalue weighted by atomic mass is 19.3. The van der Waals surface area contributed by atoms with Crippen LogP contribution in [0.3, 0.4) is 0 Å². The summed E-state index contributed by atoms with van der Waals surface area (Å²) in [6.45, 7) is 5.87. The maximum absolute atomic E-state index is 12.7. The van der Waals surface area contributed by atoms with Crippen molar-refractivity contribution < 1.29 is 8.78 Å². The summed E-state index contributed by atoms with van der Waals surface area (Å²) in [6, 6.07) is 5.32. The highest BCUT2D eigenvalue weighted by Crippen LogP contribution is 2.24. The van der Waals surface area contributed by atoms with Crippen molar-refractivity contribution in [3.63, 3.8) is 0 Å². The zero-order chi connectivity index (χ0) is 12.4. The first kappa shape index (κ1) is 12.3. The molecule has 17 heavy (non-hydrogen) atoms. The molecule has 1 aliphatic rings. The first-order valence-electron chi connectivity index (χ1n) is 5.92. The number of aryl methyl sites for hydroxylation is 1. The van der Waals surface area contributed by atoms with Crippen molar-refractivity contribution >= 4 is 5.69 Å². The van der Waals surface area contributed by atoms with Crippen molar-refractivity contribution in [3.05, 3.63) is 29.3 Å². The van der Waals surface area contributed by atoms with Crippen molar-refractivity contribution in [1.29, 1.82) is 0 Å². The van der Waals surface area contributed by atoms with Crippen LogP contribution in [0, 0.1) is 13.8 Å². The first-order valence-corrected chi connectivity index (χ1v) is 5.92. The Hall–Kier alpha value is -1.16. The van der Waals surface area contributed by atoms with E-state index in [1.54, 1.807) is 0 Å². The minimum Gasteiger partial charge on any atom is -0.368 e. The Kier molecular flexibility index (Phi) is 3.62. The molecule has 0 aromatic heterocycles. The number of alkyl halides is 2. The van der Waals surface area contributed by atoms with Crippen molar-refractivity contribution in [3.8, 4) is 0 Å². The number of halogens is 2. The van der Waals surface area contributed by atoms with Crippen LogP contribution in [0.2, 0.25) is 0 Å². The van der Waals surface area contributed by atoms with Gasteiger partial charge < -0.3 is 10.2 Å². The molecule has 1 aromatic rings.